The first-order chi connectivity index (χ1) is 10.1. The van der Waals surface area contributed by atoms with E-state index in [4.69, 9.17) is 0 Å². The molecular formula is C21H24. The summed E-state index contributed by atoms with van der Waals surface area (Å²) in [5.41, 5.74) is 5.43. The number of allylic oxidation sites excluding steroid dienone is 2. The maximum Gasteiger partial charge on any atom is 0.0152 e. The number of benzene rings is 2. The molecule has 2 aromatic carbocycles. The van der Waals surface area contributed by atoms with Gasteiger partial charge in [0.1, 0.15) is 0 Å². The van der Waals surface area contributed by atoms with Gasteiger partial charge in [-0.25, -0.2) is 0 Å². The molecule has 0 N–H and O–H groups in total. The molecule has 0 nitrogen and oxygen atoms in total. The highest BCUT2D eigenvalue weighted by molar-refractivity contribution is 5.46. The van der Waals surface area contributed by atoms with Gasteiger partial charge >= 0.3 is 0 Å². The molecule has 0 bridgehead atoms. The van der Waals surface area contributed by atoms with Crippen LogP contribution < -0.4 is 0 Å². The normalized spacial score (nSPS) is 11.1. The van der Waals surface area contributed by atoms with Gasteiger partial charge in [-0.3, -0.25) is 0 Å². The van der Waals surface area contributed by atoms with Crippen LogP contribution in [0.4, 0.5) is 0 Å². The molecule has 108 valence electrons. The predicted octanol–water partition coefficient (Wildman–Crippen LogP) is 5.47. The molecule has 0 saturated heterocycles. The summed E-state index contributed by atoms with van der Waals surface area (Å²) < 4.78 is 0. The Kier molecular flexibility index (Phi) is 4.80. The van der Waals surface area contributed by atoms with E-state index in [0.29, 0.717) is 0 Å². The van der Waals surface area contributed by atoms with E-state index < -0.39 is 0 Å². The molecule has 2 rings (SSSR count). The summed E-state index contributed by atoms with van der Waals surface area (Å²) in [5.74, 6) is 0. The molecule has 0 heterocycles. The molecule has 0 radical (unpaired) electrons. The molecule has 0 fully saturated rings. The van der Waals surface area contributed by atoms with E-state index in [1.165, 1.54) is 22.3 Å². The second kappa shape index (κ2) is 6.58. The van der Waals surface area contributed by atoms with Crippen molar-refractivity contribution in [2.45, 2.75) is 32.1 Å². The Hall–Kier alpha value is -2.08. The average Bonchev–Trinajstić information content (AvgIpc) is 2.49. The molecule has 0 amide bonds. The zero-order valence-electron chi connectivity index (χ0n) is 13.1. The van der Waals surface area contributed by atoms with Crippen LogP contribution in [-0.4, -0.2) is 0 Å². The first kappa shape index (κ1) is 15.3. The maximum atomic E-state index is 3.89. The first-order valence-corrected chi connectivity index (χ1v) is 7.49. The highest BCUT2D eigenvalue weighted by atomic mass is 14.3. The lowest BCUT2D eigenvalue weighted by Gasteiger charge is -2.30. The van der Waals surface area contributed by atoms with E-state index >= 15 is 0 Å². The summed E-state index contributed by atoms with van der Waals surface area (Å²) in [6, 6.07) is 17.3. The van der Waals surface area contributed by atoms with Crippen molar-refractivity contribution in [3.8, 4) is 0 Å². The quantitative estimate of drug-likeness (QED) is 0.614. The zero-order chi connectivity index (χ0) is 15.3. The highest BCUT2D eigenvalue weighted by Gasteiger charge is 2.27. The van der Waals surface area contributed by atoms with Gasteiger partial charge < -0.3 is 0 Å². The van der Waals surface area contributed by atoms with Gasteiger partial charge in [0, 0.05) is 5.41 Å². The smallest absolute Gasteiger partial charge is 0.0152 e. The lowest BCUT2D eigenvalue weighted by Crippen LogP contribution is -2.22. The summed E-state index contributed by atoms with van der Waals surface area (Å²) in [6.07, 6.45) is 5.77. The van der Waals surface area contributed by atoms with Crippen LogP contribution in [0.2, 0.25) is 0 Å². The molecule has 0 heteroatoms. The van der Waals surface area contributed by atoms with Gasteiger partial charge in [-0.2, -0.15) is 0 Å². The third-order valence-electron chi connectivity index (χ3n) is 4.11. The Morgan fingerprint density at radius 1 is 0.762 bits per heavy atom. The van der Waals surface area contributed by atoms with Gasteiger partial charge in [0.2, 0.25) is 0 Å². The SMILES string of the molecule is C=CCc1ccccc1C(C)(C)c1ccccc1CC=C. The fourth-order valence-corrected chi connectivity index (χ4v) is 3.07. The molecule has 0 aliphatic rings. The van der Waals surface area contributed by atoms with E-state index in [1.54, 1.807) is 0 Å². The average molecular weight is 276 g/mol. The lowest BCUT2D eigenvalue weighted by atomic mass is 9.73. The minimum Gasteiger partial charge on any atom is -0.103 e. The van der Waals surface area contributed by atoms with E-state index in [-0.39, 0.29) is 5.41 Å². The molecule has 0 aliphatic heterocycles. The minimum absolute atomic E-state index is 0.0286. The molecule has 21 heavy (non-hydrogen) atoms. The first-order valence-electron chi connectivity index (χ1n) is 7.49. The minimum atomic E-state index is -0.0286. The van der Waals surface area contributed by atoms with E-state index in [9.17, 15) is 0 Å². The largest absolute Gasteiger partial charge is 0.103 e. The predicted molar refractivity (Wildman–Crippen MR) is 92.8 cm³/mol. The van der Waals surface area contributed by atoms with Crippen LogP contribution in [0.1, 0.15) is 36.1 Å². The Labute approximate surface area is 128 Å². The van der Waals surface area contributed by atoms with Crippen molar-refractivity contribution in [2.75, 3.05) is 0 Å². The molecule has 0 aromatic heterocycles. The Balaban J connectivity index is 2.56. The van der Waals surface area contributed by atoms with E-state index in [1.807, 2.05) is 12.2 Å². The Morgan fingerprint density at radius 3 is 1.52 bits per heavy atom. The molecular weight excluding hydrogens is 252 g/mol. The molecule has 0 unspecified atom stereocenters. The second-order valence-electron chi connectivity index (χ2n) is 5.92. The topological polar surface area (TPSA) is 0 Å². The van der Waals surface area contributed by atoms with Crippen molar-refractivity contribution in [3.05, 3.63) is 96.1 Å². The Morgan fingerprint density at radius 2 is 1.14 bits per heavy atom. The monoisotopic (exact) mass is 276 g/mol. The van der Waals surface area contributed by atoms with Crippen molar-refractivity contribution in [1.82, 2.24) is 0 Å². The van der Waals surface area contributed by atoms with Crippen molar-refractivity contribution >= 4 is 0 Å². The standard InChI is InChI=1S/C21H24/c1-5-11-17-13-7-9-15-19(17)21(3,4)20-16-10-8-14-18(20)12-6-2/h5-10,13-16H,1-2,11-12H2,3-4H3. The van der Waals surface area contributed by atoms with Crippen LogP contribution in [-0.2, 0) is 18.3 Å². The third-order valence-corrected chi connectivity index (χ3v) is 4.11. The van der Waals surface area contributed by atoms with Crippen molar-refractivity contribution in [1.29, 1.82) is 0 Å². The second-order valence-corrected chi connectivity index (χ2v) is 5.92. The molecule has 2 aromatic rings. The molecule has 0 saturated carbocycles. The van der Waals surface area contributed by atoms with Crippen LogP contribution in [0.25, 0.3) is 0 Å². The van der Waals surface area contributed by atoms with Crippen molar-refractivity contribution < 1.29 is 0 Å². The number of rotatable bonds is 6. The highest BCUT2D eigenvalue weighted by Crippen LogP contribution is 2.36. The fourth-order valence-electron chi connectivity index (χ4n) is 3.07. The fraction of sp³-hybridized carbons (Fsp3) is 0.238. The molecule has 0 spiro atoms. The van der Waals surface area contributed by atoms with Crippen molar-refractivity contribution in [2.24, 2.45) is 0 Å². The van der Waals surface area contributed by atoms with Crippen LogP contribution >= 0.6 is 0 Å². The van der Waals surface area contributed by atoms with Crippen molar-refractivity contribution in [3.63, 3.8) is 0 Å². The van der Waals surface area contributed by atoms with Crippen LogP contribution in [0.15, 0.2) is 73.8 Å². The lowest BCUT2D eigenvalue weighted by molar-refractivity contribution is 0.627. The van der Waals surface area contributed by atoms with Crippen LogP contribution in [0, 0.1) is 0 Å². The molecule has 0 aliphatic carbocycles. The van der Waals surface area contributed by atoms with E-state index in [2.05, 4.69) is 75.5 Å². The summed E-state index contributed by atoms with van der Waals surface area (Å²) in [5, 5.41) is 0. The van der Waals surface area contributed by atoms with Gasteiger partial charge in [0.15, 0.2) is 0 Å². The van der Waals surface area contributed by atoms with Gasteiger partial charge in [0.05, 0.1) is 0 Å². The maximum absolute atomic E-state index is 3.89. The number of hydrogen-bond donors (Lipinski definition) is 0. The summed E-state index contributed by atoms with van der Waals surface area (Å²) >= 11 is 0. The van der Waals surface area contributed by atoms with Gasteiger partial charge in [0.25, 0.3) is 0 Å². The third kappa shape index (κ3) is 3.16. The van der Waals surface area contributed by atoms with Gasteiger partial charge in [-0.05, 0) is 35.1 Å². The van der Waals surface area contributed by atoms with Crippen LogP contribution in [0.5, 0.6) is 0 Å². The van der Waals surface area contributed by atoms with E-state index in [0.717, 1.165) is 12.8 Å². The summed E-state index contributed by atoms with van der Waals surface area (Å²) in [7, 11) is 0. The number of hydrogen-bond acceptors (Lipinski definition) is 0. The Bertz CT molecular complexity index is 576. The zero-order valence-corrected chi connectivity index (χ0v) is 13.1. The van der Waals surface area contributed by atoms with Gasteiger partial charge in [-0.15, -0.1) is 13.2 Å². The van der Waals surface area contributed by atoms with Gasteiger partial charge in [-0.1, -0.05) is 74.5 Å². The summed E-state index contributed by atoms with van der Waals surface area (Å²) in [6.45, 7) is 12.4. The molecule has 0 atom stereocenters. The summed E-state index contributed by atoms with van der Waals surface area (Å²) in [4.78, 5) is 0. The van der Waals surface area contributed by atoms with Crippen LogP contribution in [0.3, 0.4) is 0 Å².